The van der Waals surface area contributed by atoms with Crippen molar-refractivity contribution in [2.75, 3.05) is 39.8 Å². The van der Waals surface area contributed by atoms with Crippen LogP contribution >= 0.6 is 24.8 Å². The van der Waals surface area contributed by atoms with Gasteiger partial charge in [0.15, 0.2) is 0 Å². The predicted molar refractivity (Wildman–Crippen MR) is 91.4 cm³/mol. The predicted octanol–water partition coefficient (Wildman–Crippen LogP) is 1.43. The molecule has 0 bridgehead atoms. The summed E-state index contributed by atoms with van der Waals surface area (Å²) < 4.78 is 5.10. The van der Waals surface area contributed by atoms with Gasteiger partial charge in [-0.25, -0.2) is 0 Å². The van der Waals surface area contributed by atoms with E-state index in [1.54, 1.807) is 7.11 Å². The number of ether oxygens (including phenoxy) is 1. The van der Waals surface area contributed by atoms with Gasteiger partial charge in [0.2, 0.25) is 5.91 Å². The van der Waals surface area contributed by atoms with E-state index in [0.717, 1.165) is 25.4 Å². The Bertz CT molecular complexity index is 259. The van der Waals surface area contributed by atoms with Crippen molar-refractivity contribution in [2.24, 2.45) is 11.7 Å². The lowest BCUT2D eigenvalue weighted by molar-refractivity contribution is -0.123. The molecule has 1 aliphatic rings. The van der Waals surface area contributed by atoms with Gasteiger partial charge in [-0.15, -0.1) is 24.8 Å². The monoisotopic (exact) mass is 343 g/mol. The average Bonchev–Trinajstić information content (AvgIpc) is 2.45. The van der Waals surface area contributed by atoms with Crippen molar-refractivity contribution in [2.45, 2.75) is 38.7 Å². The van der Waals surface area contributed by atoms with Crippen LogP contribution in [0.25, 0.3) is 0 Å². The molecule has 128 valence electrons. The van der Waals surface area contributed by atoms with Gasteiger partial charge >= 0.3 is 0 Å². The van der Waals surface area contributed by atoms with Gasteiger partial charge in [0.25, 0.3) is 0 Å². The third-order valence-electron chi connectivity index (χ3n) is 4.04. The number of rotatable bonds is 8. The van der Waals surface area contributed by atoms with Crippen LogP contribution < -0.4 is 11.1 Å². The van der Waals surface area contributed by atoms with Crippen LogP contribution in [0.15, 0.2) is 0 Å². The van der Waals surface area contributed by atoms with Crippen molar-refractivity contribution in [3.8, 4) is 0 Å². The van der Waals surface area contributed by atoms with E-state index in [4.69, 9.17) is 10.5 Å². The van der Waals surface area contributed by atoms with E-state index >= 15 is 0 Å². The van der Waals surface area contributed by atoms with E-state index in [0.29, 0.717) is 13.0 Å². The maximum Gasteiger partial charge on any atom is 0.222 e. The molecule has 5 nitrogen and oxygen atoms in total. The van der Waals surface area contributed by atoms with Crippen LogP contribution in [0, 0.1) is 5.92 Å². The number of likely N-dealkylation sites (tertiary alicyclic amines) is 1. The molecule has 1 aliphatic heterocycles. The summed E-state index contributed by atoms with van der Waals surface area (Å²) in [7, 11) is 1.59. The lowest BCUT2D eigenvalue weighted by atomic mass is 9.93. The zero-order chi connectivity index (χ0) is 14.1. The van der Waals surface area contributed by atoms with Crippen LogP contribution in [-0.4, -0.2) is 56.7 Å². The number of nitrogens with two attached hydrogens (primary N) is 1. The van der Waals surface area contributed by atoms with E-state index < -0.39 is 0 Å². The fourth-order valence-corrected chi connectivity index (χ4v) is 2.55. The Hall–Kier alpha value is -0.0700. The first kappa shape index (κ1) is 23.2. The van der Waals surface area contributed by atoms with Gasteiger partial charge in [0, 0.05) is 20.2 Å². The van der Waals surface area contributed by atoms with Crippen molar-refractivity contribution in [3.05, 3.63) is 0 Å². The molecule has 1 saturated heterocycles. The van der Waals surface area contributed by atoms with Crippen molar-refractivity contribution >= 4 is 30.7 Å². The summed E-state index contributed by atoms with van der Waals surface area (Å²) >= 11 is 0. The van der Waals surface area contributed by atoms with Crippen LogP contribution in [0.3, 0.4) is 0 Å². The lowest BCUT2D eigenvalue weighted by Crippen LogP contribution is -2.36. The molecule has 1 unspecified atom stereocenters. The normalized spacial score (nSPS) is 17.5. The Kier molecular flexibility index (Phi) is 15.0. The van der Waals surface area contributed by atoms with Crippen molar-refractivity contribution in [1.82, 2.24) is 10.2 Å². The average molecular weight is 344 g/mol. The van der Waals surface area contributed by atoms with Crippen LogP contribution in [-0.2, 0) is 9.53 Å². The van der Waals surface area contributed by atoms with Crippen molar-refractivity contribution < 1.29 is 9.53 Å². The summed E-state index contributed by atoms with van der Waals surface area (Å²) in [4.78, 5) is 14.1. The molecule has 0 aromatic rings. The summed E-state index contributed by atoms with van der Waals surface area (Å²) in [6.45, 7) is 6.93. The van der Waals surface area contributed by atoms with Gasteiger partial charge in [0.05, 0.1) is 12.5 Å². The molecule has 1 heterocycles. The molecule has 0 spiro atoms. The van der Waals surface area contributed by atoms with Gasteiger partial charge in [-0.05, 0) is 44.8 Å². The molecular weight excluding hydrogens is 313 g/mol. The van der Waals surface area contributed by atoms with E-state index in [-0.39, 0.29) is 36.8 Å². The first-order chi connectivity index (χ1) is 9.19. The number of methoxy groups -OCH3 is 1. The molecule has 1 fully saturated rings. The molecule has 1 amide bonds. The van der Waals surface area contributed by atoms with Crippen molar-refractivity contribution in [1.29, 1.82) is 0 Å². The molecule has 0 aromatic heterocycles. The minimum Gasteiger partial charge on any atom is -0.380 e. The standard InChI is InChI=1S/C14H29N3O2.2ClH/c1-3-17-8-5-12(6-9-17)4-7-16-14(18)10-13(11-15)19-2;;/h12-13H,3-11,15H2,1-2H3,(H,16,18);2*1H. The molecule has 7 heteroatoms. The Morgan fingerprint density at radius 1 is 1.38 bits per heavy atom. The van der Waals surface area contributed by atoms with Gasteiger partial charge in [-0.1, -0.05) is 6.92 Å². The second-order valence-electron chi connectivity index (χ2n) is 5.31. The van der Waals surface area contributed by atoms with Gasteiger partial charge in [-0.3, -0.25) is 4.79 Å². The highest BCUT2D eigenvalue weighted by atomic mass is 35.5. The lowest BCUT2D eigenvalue weighted by Gasteiger charge is -2.31. The maximum absolute atomic E-state index is 11.7. The van der Waals surface area contributed by atoms with E-state index in [9.17, 15) is 4.79 Å². The van der Waals surface area contributed by atoms with Gasteiger partial charge < -0.3 is 20.7 Å². The summed E-state index contributed by atoms with van der Waals surface area (Å²) in [5.74, 6) is 0.805. The maximum atomic E-state index is 11.7. The first-order valence-electron chi connectivity index (χ1n) is 7.41. The fourth-order valence-electron chi connectivity index (χ4n) is 2.55. The van der Waals surface area contributed by atoms with Crippen LogP contribution in [0.4, 0.5) is 0 Å². The molecule has 0 radical (unpaired) electrons. The number of nitrogens with zero attached hydrogens (tertiary/aromatic N) is 1. The molecule has 0 saturated carbocycles. The SMILES string of the molecule is CCN1CCC(CCNC(=O)CC(CN)OC)CC1.Cl.Cl. The second kappa shape index (κ2) is 13.6. The summed E-state index contributed by atoms with van der Waals surface area (Å²) in [6.07, 6.45) is 3.80. The van der Waals surface area contributed by atoms with Crippen LogP contribution in [0.5, 0.6) is 0 Å². The van der Waals surface area contributed by atoms with Gasteiger partial charge in [-0.2, -0.15) is 0 Å². The third kappa shape index (κ3) is 9.53. The number of hydrogen-bond acceptors (Lipinski definition) is 4. The number of nitrogens with one attached hydrogen (secondary N) is 1. The summed E-state index contributed by atoms with van der Waals surface area (Å²) in [5.41, 5.74) is 5.49. The highest BCUT2D eigenvalue weighted by Crippen LogP contribution is 2.19. The number of hydrogen-bond donors (Lipinski definition) is 2. The van der Waals surface area contributed by atoms with Crippen molar-refractivity contribution in [3.63, 3.8) is 0 Å². The highest BCUT2D eigenvalue weighted by molar-refractivity contribution is 5.85. The van der Waals surface area contributed by atoms with Gasteiger partial charge in [0.1, 0.15) is 0 Å². The van der Waals surface area contributed by atoms with E-state index in [1.807, 2.05) is 0 Å². The Labute approximate surface area is 141 Å². The first-order valence-corrected chi connectivity index (χ1v) is 7.41. The number of carbonyl (C=O) groups is 1. The van der Waals surface area contributed by atoms with Crippen LogP contribution in [0.2, 0.25) is 0 Å². The molecule has 0 aliphatic carbocycles. The molecule has 1 rings (SSSR count). The Balaban J connectivity index is 0. The number of piperidine rings is 1. The minimum absolute atomic E-state index is 0. The zero-order valence-electron chi connectivity index (χ0n) is 13.2. The van der Waals surface area contributed by atoms with E-state index in [2.05, 4.69) is 17.1 Å². The topological polar surface area (TPSA) is 67.6 Å². The Morgan fingerprint density at radius 2 is 2.00 bits per heavy atom. The number of halogens is 2. The number of amides is 1. The Morgan fingerprint density at radius 3 is 2.48 bits per heavy atom. The fraction of sp³-hybridized carbons (Fsp3) is 0.929. The second-order valence-corrected chi connectivity index (χ2v) is 5.31. The molecular formula is C14H31Cl2N3O2. The summed E-state index contributed by atoms with van der Waals surface area (Å²) in [5, 5.41) is 2.97. The zero-order valence-corrected chi connectivity index (χ0v) is 14.8. The number of carbonyl (C=O) groups excluding carboxylic acids is 1. The molecule has 21 heavy (non-hydrogen) atoms. The summed E-state index contributed by atoms with van der Waals surface area (Å²) in [6, 6.07) is 0. The molecule has 3 N–H and O–H groups in total. The highest BCUT2D eigenvalue weighted by Gasteiger charge is 2.18. The minimum atomic E-state index is -0.159. The third-order valence-corrected chi connectivity index (χ3v) is 4.04. The smallest absolute Gasteiger partial charge is 0.222 e. The quantitative estimate of drug-likeness (QED) is 0.699. The molecule has 1 atom stereocenters. The molecule has 0 aromatic carbocycles. The van der Waals surface area contributed by atoms with E-state index in [1.165, 1.54) is 25.9 Å². The largest absolute Gasteiger partial charge is 0.380 e. The van der Waals surface area contributed by atoms with Crippen LogP contribution in [0.1, 0.15) is 32.6 Å².